The summed E-state index contributed by atoms with van der Waals surface area (Å²) in [4.78, 5) is 0. The third kappa shape index (κ3) is 4.25. The average molecular weight is 661 g/mol. The van der Waals surface area contributed by atoms with Crippen molar-refractivity contribution in [1.82, 2.24) is 9.13 Å². The third-order valence-corrected chi connectivity index (χ3v) is 10.9. The molecule has 242 valence electrons. The summed E-state index contributed by atoms with van der Waals surface area (Å²) in [5.74, 6) is 0. The van der Waals surface area contributed by atoms with E-state index in [-0.39, 0.29) is 0 Å². The third-order valence-electron chi connectivity index (χ3n) is 10.9. The summed E-state index contributed by atoms with van der Waals surface area (Å²) in [6.45, 7) is 0. The maximum Gasteiger partial charge on any atom is 0.0547 e. The van der Waals surface area contributed by atoms with Crippen LogP contribution in [0.2, 0.25) is 0 Å². The molecule has 11 aromatic rings. The Hall–Kier alpha value is -6.90. The van der Waals surface area contributed by atoms with Gasteiger partial charge in [0.2, 0.25) is 0 Å². The monoisotopic (exact) mass is 660 g/mol. The van der Waals surface area contributed by atoms with E-state index in [0.29, 0.717) is 0 Å². The van der Waals surface area contributed by atoms with Crippen LogP contribution in [0.15, 0.2) is 194 Å². The van der Waals surface area contributed by atoms with Crippen molar-refractivity contribution < 1.29 is 0 Å². The average Bonchev–Trinajstić information content (AvgIpc) is 3.72. The van der Waals surface area contributed by atoms with Crippen molar-refractivity contribution in [3.8, 4) is 33.6 Å². The van der Waals surface area contributed by atoms with E-state index in [2.05, 4.69) is 203 Å². The second-order valence-corrected chi connectivity index (χ2v) is 13.7. The molecule has 0 atom stereocenters. The molecule has 9 aromatic carbocycles. The summed E-state index contributed by atoms with van der Waals surface area (Å²) in [7, 11) is 0. The van der Waals surface area contributed by atoms with Gasteiger partial charge in [0.15, 0.2) is 0 Å². The highest BCUT2D eigenvalue weighted by Crippen LogP contribution is 2.41. The van der Waals surface area contributed by atoms with Gasteiger partial charge in [-0.1, -0.05) is 146 Å². The van der Waals surface area contributed by atoms with Crippen LogP contribution in [0, 0.1) is 0 Å². The lowest BCUT2D eigenvalue weighted by Crippen LogP contribution is -1.95. The highest BCUT2D eigenvalue weighted by Gasteiger charge is 2.17. The fourth-order valence-electron chi connectivity index (χ4n) is 8.61. The Morgan fingerprint density at radius 1 is 0.269 bits per heavy atom. The first-order valence-electron chi connectivity index (χ1n) is 17.9. The molecule has 2 aromatic heterocycles. The van der Waals surface area contributed by atoms with E-state index in [0.717, 1.165) is 0 Å². The normalized spacial score (nSPS) is 11.8. The summed E-state index contributed by atoms with van der Waals surface area (Å²) in [5.41, 5.74) is 12.1. The fourth-order valence-corrected chi connectivity index (χ4v) is 8.61. The molecule has 0 spiro atoms. The van der Waals surface area contributed by atoms with Crippen molar-refractivity contribution in [2.24, 2.45) is 0 Å². The van der Waals surface area contributed by atoms with Crippen LogP contribution < -0.4 is 0 Å². The molecule has 11 rings (SSSR count). The zero-order chi connectivity index (χ0) is 34.2. The lowest BCUT2D eigenvalue weighted by molar-refractivity contribution is 1.18. The summed E-state index contributed by atoms with van der Waals surface area (Å²) in [6, 6.07) is 71.0. The van der Waals surface area contributed by atoms with E-state index in [4.69, 9.17) is 0 Å². The Labute approximate surface area is 301 Å². The van der Waals surface area contributed by atoms with Crippen molar-refractivity contribution in [1.29, 1.82) is 0 Å². The number of benzene rings is 9. The second-order valence-electron chi connectivity index (χ2n) is 13.7. The molecule has 0 bridgehead atoms. The standard InChI is InChI=1S/C50H32N2/c1-2-15-36(16-3-1)51-47-24-8-7-19-43(47)45-31-34(28-30-49(45)51)37-20-11-23-41-38(21-12-22-40(37)41)35-27-29-44-42-18-6-9-25-48(42)52(50(44)32-35)46-26-10-14-33-13-4-5-17-39(33)46/h1-32H. The number of nitrogens with zero attached hydrogens (tertiary/aromatic N) is 2. The predicted molar refractivity (Wildman–Crippen MR) is 221 cm³/mol. The van der Waals surface area contributed by atoms with Crippen molar-refractivity contribution >= 4 is 65.2 Å². The van der Waals surface area contributed by atoms with Gasteiger partial charge in [0.1, 0.15) is 0 Å². The van der Waals surface area contributed by atoms with Gasteiger partial charge in [-0.25, -0.2) is 0 Å². The molecule has 2 heterocycles. The summed E-state index contributed by atoms with van der Waals surface area (Å²) >= 11 is 0. The van der Waals surface area contributed by atoms with Gasteiger partial charge in [0.05, 0.1) is 27.8 Å². The minimum Gasteiger partial charge on any atom is -0.309 e. The number of hydrogen-bond donors (Lipinski definition) is 0. The fraction of sp³-hybridized carbons (Fsp3) is 0. The predicted octanol–water partition coefficient (Wildman–Crippen LogP) is 13.5. The Kier molecular flexibility index (Phi) is 6.28. The highest BCUT2D eigenvalue weighted by atomic mass is 15.0. The largest absolute Gasteiger partial charge is 0.309 e. The molecule has 52 heavy (non-hydrogen) atoms. The zero-order valence-corrected chi connectivity index (χ0v) is 28.4. The number of fused-ring (bicyclic) bond motifs is 8. The summed E-state index contributed by atoms with van der Waals surface area (Å²) in [6.07, 6.45) is 0. The van der Waals surface area contributed by atoms with E-state index in [1.54, 1.807) is 0 Å². The van der Waals surface area contributed by atoms with Gasteiger partial charge in [-0.05, 0) is 86.9 Å². The topological polar surface area (TPSA) is 9.86 Å². The minimum absolute atomic E-state index is 1.17. The van der Waals surface area contributed by atoms with Gasteiger partial charge in [-0.15, -0.1) is 0 Å². The number of hydrogen-bond acceptors (Lipinski definition) is 0. The van der Waals surface area contributed by atoms with Crippen LogP contribution in [-0.2, 0) is 0 Å². The Morgan fingerprint density at radius 3 is 1.56 bits per heavy atom. The van der Waals surface area contributed by atoms with E-state index in [1.165, 1.54) is 98.8 Å². The Balaban J connectivity index is 1.11. The van der Waals surface area contributed by atoms with Gasteiger partial charge < -0.3 is 9.13 Å². The molecule has 0 N–H and O–H groups in total. The van der Waals surface area contributed by atoms with Crippen molar-refractivity contribution in [2.45, 2.75) is 0 Å². The lowest BCUT2D eigenvalue weighted by atomic mass is 9.92. The minimum atomic E-state index is 1.17. The van der Waals surface area contributed by atoms with Gasteiger partial charge in [0, 0.05) is 32.6 Å². The Bertz CT molecular complexity index is 3170. The van der Waals surface area contributed by atoms with Crippen LogP contribution in [0.25, 0.3) is 98.8 Å². The van der Waals surface area contributed by atoms with E-state index in [9.17, 15) is 0 Å². The Morgan fingerprint density at radius 2 is 0.788 bits per heavy atom. The molecule has 0 saturated carbocycles. The van der Waals surface area contributed by atoms with Crippen molar-refractivity contribution in [2.75, 3.05) is 0 Å². The van der Waals surface area contributed by atoms with Crippen LogP contribution in [0.5, 0.6) is 0 Å². The van der Waals surface area contributed by atoms with Gasteiger partial charge in [0.25, 0.3) is 0 Å². The molecule has 0 radical (unpaired) electrons. The SMILES string of the molecule is c1ccc(-n2c3ccccc3c3cc(-c4cccc5c(-c6ccc7c8ccccc8n(-c8cccc9ccccc89)c7c6)cccc45)ccc32)cc1. The molecule has 0 aliphatic carbocycles. The van der Waals surface area contributed by atoms with Gasteiger partial charge in [-0.2, -0.15) is 0 Å². The smallest absolute Gasteiger partial charge is 0.0547 e. The highest BCUT2D eigenvalue weighted by molar-refractivity contribution is 6.14. The quantitative estimate of drug-likeness (QED) is 0.178. The van der Waals surface area contributed by atoms with Crippen molar-refractivity contribution in [3.63, 3.8) is 0 Å². The molecule has 0 fully saturated rings. The lowest BCUT2D eigenvalue weighted by Gasteiger charge is -2.14. The van der Waals surface area contributed by atoms with E-state index in [1.807, 2.05) is 0 Å². The molecule has 0 unspecified atom stereocenters. The van der Waals surface area contributed by atoms with E-state index < -0.39 is 0 Å². The van der Waals surface area contributed by atoms with Crippen LogP contribution in [0.1, 0.15) is 0 Å². The molecule has 2 nitrogen and oxygen atoms in total. The first-order valence-corrected chi connectivity index (χ1v) is 17.9. The maximum absolute atomic E-state index is 2.45. The molecular weight excluding hydrogens is 629 g/mol. The molecule has 0 amide bonds. The number of rotatable bonds is 4. The molecular formula is C50H32N2. The van der Waals surface area contributed by atoms with Gasteiger partial charge in [-0.3, -0.25) is 0 Å². The van der Waals surface area contributed by atoms with Crippen LogP contribution >= 0.6 is 0 Å². The van der Waals surface area contributed by atoms with Gasteiger partial charge >= 0.3 is 0 Å². The molecule has 0 saturated heterocycles. The number of para-hydroxylation sites is 3. The zero-order valence-electron chi connectivity index (χ0n) is 28.4. The molecule has 0 aliphatic rings. The molecule has 0 aliphatic heterocycles. The van der Waals surface area contributed by atoms with Crippen LogP contribution in [0.3, 0.4) is 0 Å². The maximum atomic E-state index is 2.45. The number of aromatic nitrogens is 2. The summed E-state index contributed by atoms with van der Waals surface area (Å²) in [5, 5.41) is 10.0. The van der Waals surface area contributed by atoms with Crippen molar-refractivity contribution in [3.05, 3.63) is 194 Å². The summed E-state index contributed by atoms with van der Waals surface area (Å²) < 4.78 is 4.83. The second kappa shape index (κ2) is 11.3. The van der Waals surface area contributed by atoms with E-state index >= 15 is 0 Å². The van der Waals surface area contributed by atoms with Crippen LogP contribution in [-0.4, -0.2) is 9.13 Å². The first-order chi connectivity index (χ1) is 25.8. The first kappa shape index (κ1) is 28.9. The molecule has 2 heteroatoms. The van der Waals surface area contributed by atoms with Crippen LogP contribution in [0.4, 0.5) is 0 Å².